The SMILES string of the molecule is CS(C)(=O)=Nc1ccccc1NC(=O)[C@H]1CCCO1. The van der Waals surface area contributed by atoms with Crippen molar-refractivity contribution >= 4 is 27.0 Å². The fourth-order valence-electron chi connectivity index (χ4n) is 1.89. The maximum absolute atomic E-state index is 12.0. The van der Waals surface area contributed by atoms with Crippen LogP contribution in [0, 0.1) is 0 Å². The summed E-state index contributed by atoms with van der Waals surface area (Å²) in [5.74, 6) is -0.168. The summed E-state index contributed by atoms with van der Waals surface area (Å²) in [6, 6.07) is 7.08. The van der Waals surface area contributed by atoms with Crippen LogP contribution in [0.1, 0.15) is 12.8 Å². The van der Waals surface area contributed by atoms with Gasteiger partial charge in [-0.2, -0.15) is 4.36 Å². The van der Waals surface area contributed by atoms with Crippen LogP contribution in [-0.4, -0.2) is 35.3 Å². The highest BCUT2D eigenvalue weighted by Crippen LogP contribution is 2.26. The van der Waals surface area contributed by atoms with E-state index in [9.17, 15) is 9.00 Å². The quantitative estimate of drug-likeness (QED) is 0.923. The third-order valence-corrected chi connectivity index (χ3v) is 3.34. The second kappa shape index (κ2) is 5.71. The number of para-hydroxylation sites is 1. The van der Waals surface area contributed by atoms with Crippen molar-refractivity contribution in [3.8, 4) is 0 Å². The number of rotatable bonds is 3. The summed E-state index contributed by atoms with van der Waals surface area (Å²) >= 11 is 0. The number of amides is 1. The Morgan fingerprint density at radius 1 is 1.42 bits per heavy atom. The third kappa shape index (κ3) is 4.04. The molecule has 0 aliphatic carbocycles. The van der Waals surface area contributed by atoms with Crippen molar-refractivity contribution in [2.45, 2.75) is 18.9 Å². The number of ether oxygens (including phenoxy) is 1. The van der Waals surface area contributed by atoms with E-state index in [0.717, 1.165) is 12.8 Å². The number of benzene rings is 1. The Kier molecular flexibility index (Phi) is 4.21. The minimum atomic E-state index is -2.26. The van der Waals surface area contributed by atoms with Crippen LogP contribution in [0.15, 0.2) is 28.6 Å². The van der Waals surface area contributed by atoms with Gasteiger partial charge in [0.25, 0.3) is 5.91 Å². The number of nitrogens with zero attached hydrogens (tertiary/aromatic N) is 1. The summed E-state index contributed by atoms with van der Waals surface area (Å²) in [5.41, 5.74) is 1.10. The molecule has 0 bridgehead atoms. The summed E-state index contributed by atoms with van der Waals surface area (Å²) in [6.07, 6.45) is 4.38. The number of hydrogen-bond acceptors (Lipinski definition) is 4. The van der Waals surface area contributed by atoms with Crippen molar-refractivity contribution in [2.75, 3.05) is 24.4 Å². The number of carbonyl (C=O) groups excluding carboxylic acids is 1. The molecule has 19 heavy (non-hydrogen) atoms. The molecular formula is C13H18N2O3S. The number of hydrogen-bond donors (Lipinski definition) is 1. The topological polar surface area (TPSA) is 67.8 Å². The highest BCUT2D eigenvalue weighted by Gasteiger charge is 2.24. The van der Waals surface area contributed by atoms with Crippen molar-refractivity contribution < 1.29 is 13.7 Å². The average Bonchev–Trinajstić information content (AvgIpc) is 2.83. The maximum Gasteiger partial charge on any atom is 0.253 e. The van der Waals surface area contributed by atoms with Crippen molar-refractivity contribution in [3.05, 3.63) is 24.3 Å². The Bertz CT molecular complexity index is 577. The molecule has 0 spiro atoms. The molecule has 1 aliphatic rings. The molecule has 1 fully saturated rings. The molecule has 6 heteroatoms. The summed E-state index contributed by atoms with van der Waals surface area (Å²) < 4.78 is 21.2. The van der Waals surface area contributed by atoms with Gasteiger partial charge in [0, 0.05) is 28.8 Å². The lowest BCUT2D eigenvalue weighted by Gasteiger charge is -2.12. The molecule has 1 aromatic carbocycles. The minimum absolute atomic E-state index is 0.168. The Morgan fingerprint density at radius 3 is 2.79 bits per heavy atom. The molecule has 2 rings (SSSR count). The molecule has 1 atom stereocenters. The van der Waals surface area contributed by atoms with Gasteiger partial charge in [0.2, 0.25) is 0 Å². The van der Waals surface area contributed by atoms with Gasteiger partial charge >= 0.3 is 0 Å². The van der Waals surface area contributed by atoms with Gasteiger partial charge in [-0.25, -0.2) is 4.21 Å². The lowest BCUT2D eigenvalue weighted by molar-refractivity contribution is -0.124. The summed E-state index contributed by atoms with van der Waals surface area (Å²) in [4.78, 5) is 12.0. The molecule has 1 N–H and O–H groups in total. The van der Waals surface area contributed by atoms with Crippen LogP contribution in [-0.2, 0) is 19.3 Å². The monoisotopic (exact) mass is 282 g/mol. The first kappa shape index (κ1) is 14.0. The molecule has 104 valence electrons. The lowest BCUT2D eigenvalue weighted by Crippen LogP contribution is -2.26. The van der Waals surface area contributed by atoms with Gasteiger partial charge < -0.3 is 10.1 Å². The van der Waals surface area contributed by atoms with Gasteiger partial charge in [-0.15, -0.1) is 0 Å². The van der Waals surface area contributed by atoms with Crippen LogP contribution in [0.3, 0.4) is 0 Å². The Labute approximate surface area is 113 Å². The van der Waals surface area contributed by atoms with Gasteiger partial charge in [-0.05, 0) is 25.0 Å². The highest BCUT2D eigenvalue weighted by atomic mass is 32.2. The van der Waals surface area contributed by atoms with Crippen LogP contribution >= 0.6 is 0 Å². The first-order valence-electron chi connectivity index (χ1n) is 6.14. The van der Waals surface area contributed by atoms with Crippen LogP contribution in [0.2, 0.25) is 0 Å². The van der Waals surface area contributed by atoms with Crippen LogP contribution in [0.5, 0.6) is 0 Å². The molecule has 0 unspecified atom stereocenters. The normalized spacial score (nSPS) is 19.2. The zero-order chi connectivity index (χ0) is 13.9. The fourth-order valence-corrected chi connectivity index (χ4v) is 2.53. The van der Waals surface area contributed by atoms with Crippen molar-refractivity contribution in [1.29, 1.82) is 0 Å². The number of anilines is 1. The molecule has 1 heterocycles. The molecule has 1 aromatic rings. The second-order valence-electron chi connectivity index (χ2n) is 4.78. The molecule has 0 saturated carbocycles. The maximum atomic E-state index is 12.0. The van der Waals surface area contributed by atoms with E-state index in [4.69, 9.17) is 4.74 Å². The highest BCUT2D eigenvalue weighted by molar-refractivity contribution is 7.92. The second-order valence-corrected chi connectivity index (χ2v) is 7.33. The largest absolute Gasteiger partial charge is 0.368 e. The van der Waals surface area contributed by atoms with Gasteiger partial charge in [-0.1, -0.05) is 12.1 Å². The molecule has 5 nitrogen and oxygen atoms in total. The van der Waals surface area contributed by atoms with Gasteiger partial charge in [-0.3, -0.25) is 4.79 Å². The Morgan fingerprint density at radius 2 is 2.16 bits per heavy atom. The van der Waals surface area contributed by atoms with E-state index in [-0.39, 0.29) is 12.0 Å². The average molecular weight is 282 g/mol. The van der Waals surface area contributed by atoms with Gasteiger partial charge in [0.1, 0.15) is 6.10 Å². The summed E-state index contributed by atoms with van der Waals surface area (Å²) in [6.45, 7) is 0.627. The number of nitrogens with one attached hydrogen (secondary N) is 1. The van der Waals surface area contributed by atoms with E-state index >= 15 is 0 Å². The predicted molar refractivity (Wildman–Crippen MR) is 76.1 cm³/mol. The van der Waals surface area contributed by atoms with Gasteiger partial charge in [0.15, 0.2) is 0 Å². The van der Waals surface area contributed by atoms with Gasteiger partial charge in [0.05, 0.1) is 11.4 Å². The summed E-state index contributed by atoms with van der Waals surface area (Å²) in [5, 5.41) is 2.79. The molecule has 1 saturated heterocycles. The van der Waals surface area contributed by atoms with E-state index in [2.05, 4.69) is 9.68 Å². The van der Waals surface area contributed by atoms with E-state index in [0.29, 0.717) is 18.0 Å². The minimum Gasteiger partial charge on any atom is -0.368 e. The lowest BCUT2D eigenvalue weighted by atomic mass is 10.2. The first-order chi connectivity index (χ1) is 8.96. The van der Waals surface area contributed by atoms with E-state index in [1.165, 1.54) is 0 Å². The smallest absolute Gasteiger partial charge is 0.253 e. The van der Waals surface area contributed by atoms with Crippen molar-refractivity contribution in [2.24, 2.45) is 4.36 Å². The predicted octanol–water partition coefficient (Wildman–Crippen LogP) is 2.16. The van der Waals surface area contributed by atoms with Crippen molar-refractivity contribution in [3.63, 3.8) is 0 Å². The Balaban J connectivity index is 2.21. The van der Waals surface area contributed by atoms with Crippen LogP contribution < -0.4 is 5.32 Å². The summed E-state index contributed by atoms with van der Waals surface area (Å²) in [7, 11) is -2.26. The standard InChI is InChI=1S/C13H18N2O3S/c1-19(2,17)15-11-7-4-3-6-10(11)14-13(16)12-8-5-9-18-12/h3-4,6-7,12H,5,8-9H2,1-2H3,(H,14,16)/t12-/m1/s1. The zero-order valence-electron chi connectivity index (χ0n) is 11.1. The molecular weight excluding hydrogens is 264 g/mol. The molecule has 1 aliphatic heterocycles. The first-order valence-corrected chi connectivity index (χ1v) is 8.47. The zero-order valence-corrected chi connectivity index (χ0v) is 11.9. The van der Waals surface area contributed by atoms with Crippen molar-refractivity contribution in [1.82, 2.24) is 0 Å². The number of carbonyl (C=O) groups is 1. The van der Waals surface area contributed by atoms with E-state index < -0.39 is 9.73 Å². The Hall–Kier alpha value is -1.40. The third-order valence-electron chi connectivity index (χ3n) is 2.70. The fraction of sp³-hybridized carbons (Fsp3) is 0.462. The van der Waals surface area contributed by atoms with E-state index in [1.807, 2.05) is 0 Å². The molecule has 0 radical (unpaired) electrons. The molecule has 1 amide bonds. The van der Waals surface area contributed by atoms with E-state index in [1.54, 1.807) is 36.8 Å². The van der Waals surface area contributed by atoms with Crippen LogP contribution in [0.4, 0.5) is 11.4 Å². The molecule has 0 aromatic heterocycles. The van der Waals surface area contributed by atoms with Crippen LogP contribution in [0.25, 0.3) is 0 Å².